The van der Waals surface area contributed by atoms with Crippen LogP contribution in [-0.2, 0) is 9.53 Å². The molecule has 0 bridgehead atoms. The minimum absolute atomic E-state index is 0.0173. The summed E-state index contributed by atoms with van der Waals surface area (Å²) in [5, 5.41) is 2.95. The lowest BCUT2D eigenvalue weighted by molar-refractivity contribution is -0.117. The van der Waals surface area contributed by atoms with E-state index in [1.165, 1.54) is 0 Å². The topological polar surface area (TPSA) is 58.6 Å². The van der Waals surface area contributed by atoms with Gasteiger partial charge in [-0.05, 0) is 70.4 Å². The van der Waals surface area contributed by atoms with E-state index in [0.717, 1.165) is 31.5 Å². The Hall–Kier alpha value is -1.88. The lowest BCUT2D eigenvalue weighted by Crippen LogP contribution is -2.32. The highest BCUT2D eigenvalue weighted by atomic mass is 16.5. The quantitative estimate of drug-likeness (QED) is 0.848. The number of ether oxygens (including phenoxy) is 1. The number of aryl methyl sites for hydroxylation is 1. The summed E-state index contributed by atoms with van der Waals surface area (Å²) in [4.78, 5) is 26.4. The molecule has 5 heteroatoms. The summed E-state index contributed by atoms with van der Waals surface area (Å²) >= 11 is 0. The third-order valence-electron chi connectivity index (χ3n) is 4.34. The molecule has 0 aromatic heterocycles. The zero-order valence-electron chi connectivity index (χ0n) is 14.2. The molecule has 0 saturated carbocycles. The number of likely N-dealkylation sites (tertiary alicyclic amines) is 1. The number of rotatable bonds is 5. The van der Waals surface area contributed by atoms with Gasteiger partial charge in [0.05, 0.1) is 12.2 Å². The maximum atomic E-state index is 12.3. The predicted molar refractivity (Wildman–Crippen MR) is 90.6 cm³/mol. The molecule has 0 spiro atoms. The van der Waals surface area contributed by atoms with Crippen LogP contribution in [0, 0.1) is 12.8 Å². The number of piperidine rings is 1. The minimum Gasteiger partial charge on any atom is -0.462 e. The highest BCUT2D eigenvalue weighted by molar-refractivity contribution is 5.95. The molecule has 0 unspecified atom stereocenters. The van der Waals surface area contributed by atoms with E-state index < -0.39 is 0 Å². The Morgan fingerprint density at radius 3 is 2.65 bits per heavy atom. The van der Waals surface area contributed by atoms with Crippen molar-refractivity contribution in [3.63, 3.8) is 0 Å². The van der Waals surface area contributed by atoms with Crippen LogP contribution in [0.4, 0.5) is 5.69 Å². The third-order valence-corrected chi connectivity index (χ3v) is 4.34. The molecule has 1 fully saturated rings. The summed E-state index contributed by atoms with van der Waals surface area (Å²) in [5.74, 6) is 0.0988. The summed E-state index contributed by atoms with van der Waals surface area (Å²) in [6.45, 7) is 6.13. The molecule has 1 saturated heterocycles. The van der Waals surface area contributed by atoms with E-state index in [0.29, 0.717) is 30.2 Å². The Labute approximate surface area is 138 Å². The Bertz CT molecular complexity index is 563. The number of anilines is 1. The van der Waals surface area contributed by atoms with E-state index >= 15 is 0 Å². The molecule has 0 atom stereocenters. The van der Waals surface area contributed by atoms with Gasteiger partial charge in [0.15, 0.2) is 0 Å². The summed E-state index contributed by atoms with van der Waals surface area (Å²) in [6, 6.07) is 5.25. The van der Waals surface area contributed by atoms with Crippen molar-refractivity contribution < 1.29 is 14.3 Å². The third kappa shape index (κ3) is 5.06. The van der Waals surface area contributed by atoms with Gasteiger partial charge in [-0.1, -0.05) is 6.07 Å². The number of carbonyl (C=O) groups excluding carboxylic acids is 2. The number of amides is 1. The Kier molecular flexibility index (Phi) is 6.16. The predicted octanol–water partition coefficient (Wildman–Crippen LogP) is 2.84. The highest BCUT2D eigenvalue weighted by Crippen LogP contribution is 2.22. The SMILES string of the molecule is CCOC(=O)c1ccc(C)c(NC(=O)CC2CCN(C)CC2)c1. The van der Waals surface area contributed by atoms with Crippen LogP contribution in [-0.4, -0.2) is 43.5 Å². The average molecular weight is 318 g/mol. The molecule has 5 nitrogen and oxygen atoms in total. The highest BCUT2D eigenvalue weighted by Gasteiger charge is 2.20. The largest absolute Gasteiger partial charge is 0.462 e. The smallest absolute Gasteiger partial charge is 0.338 e. The standard InChI is InChI=1S/C18H26N2O3/c1-4-23-18(22)15-6-5-13(2)16(12-15)19-17(21)11-14-7-9-20(3)10-8-14/h5-6,12,14H,4,7-11H2,1-3H3,(H,19,21). The molecule has 0 aliphatic carbocycles. The van der Waals surface area contributed by atoms with Gasteiger partial charge in [0.25, 0.3) is 0 Å². The van der Waals surface area contributed by atoms with Gasteiger partial charge < -0.3 is 15.0 Å². The van der Waals surface area contributed by atoms with E-state index in [4.69, 9.17) is 4.74 Å². The average Bonchev–Trinajstić information content (AvgIpc) is 2.52. The van der Waals surface area contributed by atoms with Crippen molar-refractivity contribution in [2.75, 3.05) is 32.1 Å². The zero-order chi connectivity index (χ0) is 16.8. The molecule has 126 valence electrons. The number of carbonyl (C=O) groups is 2. The normalized spacial score (nSPS) is 16.1. The van der Waals surface area contributed by atoms with Crippen LogP contribution in [0.25, 0.3) is 0 Å². The summed E-state index contributed by atoms with van der Waals surface area (Å²) in [6.07, 6.45) is 2.66. The first-order valence-corrected chi connectivity index (χ1v) is 8.25. The van der Waals surface area contributed by atoms with Gasteiger partial charge in [0.1, 0.15) is 0 Å². The Balaban J connectivity index is 1.97. The monoisotopic (exact) mass is 318 g/mol. The molecular formula is C18H26N2O3. The maximum Gasteiger partial charge on any atom is 0.338 e. The number of nitrogens with zero attached hydrogens (tertiary/aromatic N) is 1. The van der Waals surface area contributed by atoms with Crippen LogP contribution in [0.3, 0.4) is 0 Å². The molecule has 1 N–H and O–H groups in total. The lowest BCUT2D eigenvalue weighted by atomic mass is 9.93. The molecule has 1 aromatic carbocycles. The second-order valence-electron chi connectivity index (χ2n) is 6.25. The van der Waals surface area contributed by atoms with E-state index in [1.54, 1.807) is 19.1 Å². The fraction of sp³-hybridized carbons (Fsp3) is 0.556. The Morgan fingerprint density at radius 1 is 1.30 bits per heavy atom. The van der Waals surface area contributed by atoms with Gasteiger partial charge in [-0.25, -0.2) is 4.79 Å². The van der Waals surface area contributed by atoms with Gasteiger partial charge in [0, 0.05) is 12.1 Å². The molecule has 2 rings (SSSR count). The van der Waals surface area contributed by atoms with Crippen LogP contribution < -0.4 is 5.32 Å². The number of esters is 1. The minimum atomic E-state index is -0.363. The molecule has 1 aliphatic rings. The molecule has 0 radical (unpaired) electrons. The lowest BCUT2D eigenvalue weighted by Gasteiger charge is -2.28. The second kappa shape index (κ2) is 8.11. The maximum absolute atomic E-state index is 12.3. The number of hydrogen-bond acceptors (Lipinski definition) is 4. The van der Waals surface area contributed by atoms with E-state index in [2.05, 4.69) is 17.3 Å². The van der Waals surface area contributed by atoms with Crippen LogP contribution in [0.1, 0.15) is 42.1 Å². The van der Waals surface area contributed by atoms with Crippen LogP contribution in [0.15, 0.2) is 18.2 Å². The second-order valence-corrected chi connectivity index (χ2v) is 6.25. The van der Waals surface area contributed by atoms with Crippen LogP contribution >= 0.6 is 0 Å². The van der Waals surface area contributed by atoms with Crippen molar-refractivity contribution in [3.05, 3.63) is 29.3 Å². The fourth-order valence-electron chi connectivity index (χ4n) is 2.83. The summed E-state index contributed by atoms with van der Waals surface area (Å²) in [5.41, 5.74) is 2.09. The van der Waals surface area contributed by atoms with E-state index in [-0.39, 0.29) is 11.9 Å². The van der Waals surface area contributed by atoms with Gasteiger partial charge in [-0.2, -0.15) is 0 Å². The molecule has 1 heterocycles. The molecule has 1 amide bonds. The fourth-order valence-corrected chi connectivity index (χ4v) is 2.83. The number of nitrogens with one attached hydrogen (secondary N) is 1. The van der Waals surface area contributed by atoms with Crippen molar-refractivity contribution in [1.82, 2.24) is 4.90 Å². The first-order valence-electron chi connectivity index (χ1n) is 8.25. The van der Waals surface area contributed by atoms with Crippen LogP contribution in [0.5, 0.6) is 0 Å². The summed E-state index contributed by atoms with van der Waals surface area (Å²) < 4.78 is 5.00. The van der Waals surface area contributed by atoms with Crippen molar-refractivity contribution >= 4 is 17.6 Å². The Morgan fingerprint density at radius 2 is 2.00 bits per heavy atom. The van der Waals surface area contributed by atoms with Crippen molar-refractivity contribution in [1.29, 1.82) is 0 Å². The first kappa shape index (κ1) is 17.5. The first-order chi connectivity index (χ1) is 11.0. The molecule has 1 aliphatic heterocycles. The van der Waals surface area contributed by atoms with E-state index in [1.807, 2.05) is 13.0 Å². The van der Waals surface area contributed by atoms with E-state index in [9.17, 15) is 9.59 Å². The zero-order valence-corrected chi connectivity index (χ0v) is 14.2. The van der Waals surface area contributed by atoms with Crippen molar-refractivity contribution in [2.45, 2.75) is 33.1 Å². The number of benzene rings is 1. The van der Waals surface area contributed by atoms with Gasteiger partial charge in [-0.15, -0.1) is 0 Å². The summed E-state index contributed by atoms with van der Waals surface area (Å²) in [7, 11) is 2.11. The molecular weight excluding hydrogens is 292 g/mol. The molecule has 1 aromatic rings. The number of hydrogen-bond donors (Lipinski definition) is 1. The van der Waals surface area contributed by atoms with Crippen molar-refractivity contribution in [3.8, 4) is 0 Å². The van der Waals surface area contributed by atoms with Gasteiger partial charge in [-0.3, -0.25) is 4.79 Å². The molecule has 23 heavy (non-hydrogen) atoms. The van der Waals surface area contributed by atoms with Crippen LogP contribution in [0.2, 0.25) is 0 Å². The van der Waals surface area contributed by atoms with Gasteiger partial charge in [0.2, 0.25) is 5.91 Å². The van der Waals surface area contributed by atoms with Gasteiger partial charge >= 0.3 is 5.97 Å². The van der Waals surface area contributed by atoms with Crippen molar-refractivity contribution in [2.24, 2.45) is 5.92 Å².